The molecule has 5 heteroatoms. The number of carbonyl (C=O) groups excluding carboxylic acids is 1. The van der Waals surface area contributed by atoms with E-state index in [1.165, 1.54) is 0 Å². The lowest BCUT2D eigenvalue weighted by atomic mass is 10.1. The molecule has 1 aromatic carbocycles. The van der Waals surface area contributed by atoms with E-state index in [-0.39, 0.29) is 6.42 Å². The van der Waals surface area contributed by atoms with Gasteiger partial charge in [-0.1, -0.05) is 12.1 Å². The molecule has 2 heterocycles. The van der Waals surface area contributed by atoms with Gasteiger partial charge in [0.2, 0.25) is 0 Å². The molecule has 0 aliphatic rings. The maximum Gasteiger partial charge on any atom is 0.120 e. The Bertz CT molecular complexity index is 755. The van der Waals surface area contributed by atoms with Crippen LogP contribution >= 0.6 is 22.7 Å². The molecule has 0 unspecified atom stereocenters. The van der Waals surface area contributed by atoms with Gasteiger partial charge in [0.1, 0.15) is 5.01 Å². The number of fused-ring (bicyclic) bond motifs is 1. The molecular formula is C16H12NO2S2-. The molecule has 0 atom stereocenters. The predicted molar refractivity (Wildman–Crippen MR) is 86.1 cm³/mol. The van der Waals surface area contributed by atoms with Crippen molar-refractivity contribution in [3.05, 3.63) is 51.7 Å². The normalized spacial score (nSPS) is 11.9. The number of carboxylic acids is 1. The van der Waals surface area contributed by atoms with Crippen molar-refractivity contribution >= 4 is 50.5 Å². The standard InChI is InChI=1S/C16H13NO2S2/c18-15(19)6-5-12(9-11-7-8-20-10-11)16-17-13-3-1-2-4-14(13)21-16/h1-4,7-10H,5-6H2,(H,18,19)/p-1/b12-9+. The second kappa shape index (κ2) is 6.20. The molecule has 0 fully saturated rings. The van der Waals surface area contributed by atoms with Crippen LogP contribution in [0, 0.1) is 0 Å². The van der Waals surface area contributed by atoms with Crippen LogP contribution in [0.15, 0.2) is 41.1 Å². The van der Waals surface area contributed by atoms with E-state index in [4.69, 9.17) is 0 Å². The van der Waals surface area contributed by atoms with Gasteiger partial charge >= 0.3 is 0 Å². The van der Waals surface area contributed by atoms with Crippen molar-refractivity contribution in [2.45, 2.75) is 12.8 Å². The Morgan fingerprint density at radius 1 is 1.24 bits per heavy atom. The molecule has 3 nitrogen and oxygen atoms in total. The molecule has 106 valence electrons. The van der Waals surface area contributed by atoms with Crippen LogP contribution in [0.5, 0.6) is 0 Å². The molecule has 21 heavy (non-hydrogen) atoms. The first kappa shape index (κ1) is 14.0. The van der Waals surface area contributed by atoms with Crippen LogP contribution in [0.4, 0.5) is 0 Å². The van der Waals surface area contributed by atoms with Crippen molar-refractivity contribution in [3.63, 3.8) is 0 Å². The smallest absolute Gasteiger partial charge is 0.120 e. The molecular weight excluding hydrogens is 302 g/mol. The predicted octanol–water partition coefficient (Wildman–Crippen LogP) is 3.43. The first-order valence-electron chi connectivity index (χ1n) is 6.51. The zero-order chi connectivity index (χ0) is 14.7. The Balaban J connectivity index is 1.99. The molecule has 0 saturated carbocycles. The quantitative estimate of drug-likeness (QED) is 0.725. The Labute approximate surface area is 130 Å². The highest BCUT2D eigenvalue weighted by molar-refractivity contribution is 7.19. The van der Waals surface area contributed by atoms with E-state index in [2.05, 4.69) is 4.98 Å². The minimum atomic E-state index is -1.03. The second-order valence-corrected chi connectivity index (χ2v) is 6.40. The van der Waals surface area contributed by atoms with Gasteiger partial charge in [-0.05, 0) is 59.0 Å². The second-order valence-electron chi connectivity index (χ2n) is 4.59. The maximum absolute atomic E-state index is 10.8. The number of aliphatic carboxylic acids is 1. The number of carboxylic acid groups (broad SMARTS) is 1. The minimum Gasteiger partial charge on any atom is -0.550 e. The van der Waals surface area contributed by atoms with Crippen molar-refractivity contribution in [2.24, 2.45) is 0 Å². The van der Waals surface area contributed by atoms with Crippen LogP contribution in [0.1, 0.15) is 23.4 Å². The van der Waals surface area contributed by atoms with Gasteiger partial charge in [0.15, 0.2) is 0 Å². The summed E-state index contributed by atoms with van der Waals surface area (Å²) in [5.74, 6) is -1.03. The molecule has 3 aromatic rings. The summed E-state index contributed by atoms with van der Waals surface area (Å²) in [7, 11) is 0. The van der Waals surface area contributed by atoms with Gasteiger partial charge in [-0.3, -0.25) is 0 Å². The molecule has 0 spiro atoms. The molecule has 0 aliphatic heterocycles. The van der Waals surface area contributed by atoms with Crippen molar-refractivity contribution < 1.29 is 9.90 Å². The van der Waals surface area contributed by atoms with E-state index in [0.717, 1.165) is 26.4 Å². The average molecular weight is 314 g/mol. The third kappa shape index (κ3) is 3.37. The Hall–Kier alpha value is -1.98. The van der Waals surface area contributed by atoms with E-state index in [1.807, 2.05) is 47.2 Å². The third-order valence-corrected chi connectivity index (χ3v) is 4.86. The summed E-state index contributed by atoms with van der Waals surface area (Å²) in [5, 5.41) is 15.7. The fraction of sp³-hybridized carbons (Fsp3) is 0.125. The number of thiazole rings is 1. The van der Waals surface area contributed by atoms with Crippen LogP contribution in [-0.2, 0) is 4.79 Å². The summed E-state index contributed by atoms with van der Waals surface area (Å²) in [5.41, 5.74) is 2.97. The Kier molecular flexibility index (Phi) is 4.13. The van der Waals surface area contributed by atoms with E-state index in [0.29, 0.717) is 6.42 Å². The number of allylic oxidation sites excluding steroid dienone is 1. The molecule has 0 saturated heterocycles. The van der Waals surface area contributed by atoms with Crippen LogP contribution in [0.25, 0.3) is 21.9 Å². The zero-order valence-electron chi connectivity index (χ0n) is 11.1. The monoisotopic (exact) mass is 314 g/mol. The van der Waals surface area contributed by atoms with Crippen molar-refractivity contribution in [1.82, 2.24) is 4.98 Å². The molecule has 0 amide bonds. The summed E-state index contributed by atoms with van der Waals surface area (Å²) in [4.78, 5) is 15.4. The fourth-order valence-corrected chi connectivity index (χ4v) is 3.67. The highest BCUT2D eigenvalue weighted by Gasteiger charge is 2.09. The number of benzene rings is 1. The van der Waals surface area contributed by atoms with E-state index in [9.17, 15) is 9.90 Å². The molecule has 0 radical (unpaired) electrons. The first-order valence-corrected chi connectivity index (χ1v) is 8.27. The van der Waals surface area contributed by atoms with E-state index >= 15 is 0 Å². The topological polar surface area (TPSA) is 53.0 Å². The highest BCUT2D eigenvalue weighted by Crippen LogP contribution is 2.31. The number of rotatable bonds is 5. The van der Waals surface area contributed by atoms with Crippen LogP contribution in [0.3, 0.4) is 0 Å². The van der Waals surface area contributed by atoms with Gasteiger partial charge in [-0.2, -0.15) is 11.3 Å². The molecule has 0 N–H and O–H groups in total. The lowest BCUT2D eigenvalue weighted by Crippen LogP contribution is -2.21. The van der Waals surface area contributed by atoms with Gasteiger partial charge in [-0.25, -0.2) is 4.98 Å². The Morgan fingerprint density at radius 3 is 2.81 bits per heavy atom. The molecule has 0 bridgehead atoms. The SMILES string of the molecule is O=C([O-])CC/C(=C\c1ccsc1)c1nc2ccccc2s1. The number of aromatic nitrogens is 1. The number of nitrogens with zero attached hydrogens (tertiary/aromatic N) is 1. The number of hydrogen-bond donors (Lipinski definition) is 0. The average Bonchev–Trinajstić information content (AvgIpc) is 3.11. The summed E-state index contributed by atoms with van der Waals surface area (Å²) in [6, 6.07) is 9.94. The summed E-state index contributed by atoms with van der Waals surface area (Å²) in [6.07, 6.45) is 2.45. The van der Waals surface area contributed by atoms with Gasteiger partial charge < -0.3 is 9.90 Å². The highest BCUT2D eigenvalue weighted by atomic mass is 32.1. The lowest BCUT2D eigenvalue weighted by Gasteiger charge is -2.05. The van der Waals surface area contributed by atoms with Gasteiger partial charge in [0.05, 0.1) is 10.2 Å². The first-order chi connectivity index (χ1) is 10.2. The zero-order valence-corrected chi connectivity index (χ0v) is 12.7. The largest absolute Gasteiger partial charge is 0.550 e. The number of para-hydroxylation sites is 1. The van der Waals surface area contributed by atoms with E-state index < -0.39 is 5.97 Å². The number of hydrogen-bond acceptors (Lipinski definition) is 5. The van der Waals surface area contributed by atoms with Crippen molar-refractivity contribution in [3.8, 4) is 0 Å². The van der Waals surface area contributed by atoms with Crippen molar-refractivity contribution in [1.29, 1.82) is 0 Å². The molecule has 0 aliphatic carbocycles. The van der Waals surface area contributed by atoms with Gasteiger partial charge in [0, 0.05) is 5.97 Å². The van der Waals surface area contributed by atoms with Crippen LogP contribution < -0.4 is 5.11 Å². The third-order valence-electron chi connectivity index (χ3n) is 3.05. The van der Waals surface area contributed by atoms with Gasteiger partial charge in [0.25, 0.3) is 0 Å². The molecule has 2 aromatic heterocycles. The number of thiophene rings is 1. The number of carbonyl (C=O) groups is 1. The summed E-state index contributed by atoms with van der Waals surface area (Å²) >= 11 is 3.21. The van der Waals surface area contributed by atoms with Crippen LogP contribution in [-0.4, -0.2) is 11.0 Å². The summed E-state index contributed by atoms with van der Waals surface area (Å²) < 4.78 is 1.11. The lowest BCUT2D eigenvalue weighted by molar-refractivity contribution is -0.305. The Morgan fingerprint density at radius 2 is 2.10 bits per heavy atom. The van der Waals surface area contributed by atoms with Gasteiger partial charge in [-0.15, -0.1) is 11.3 Å². The summed E-state index contributed by atoms with van der Waals surface area (Å²) in [6.45, 7) is 0. The maximum atomic E-state index is 10.8. The van der Waals surface area contributed by atoms with Crippen LogP contribution in [0.2, 0.25) is 0 Å². The molecule has 3 rings (SSSR count). The van der Waals surface area contributed by atoms with E-state index in [1.54, 1.807) is 22.7 Å². The van der Waals surface area contributed by atoms with Crippen molar-refractivity contribution in [2.75, 3.05) is 0 Å². The fourth-order valence-electron chi connectivity index (χ4n) is 2.05. The minimum absolute atomic E-state index is 0.00585.